The van der Waals surface area contributed by atoms with Gasteiger partial charge in [0.1, 0.15) is 12.2 Å². The molecule has 1 aromatic carbocycles. The highest BCUT2D eigenvalue weighted by atomic mass is 16.5. The Bertz CT molecular complexity index is 1030. The van der Waals surface area contributed by atoms with Crippen LogP contribution in [0.2, 0.25) is 0 Å². The number of carbonyl (C=O) groups is 3. The number of fused-ring (bicyclic) bond motifs is 1. The molecule has 2 heterocycles. The Kier molecular flexibility index (Phi) is 6.54. The van der Waals surface area contributed by atoms with E-state index < -0.39 is 11.6 Å². The van der Waals surface area contributed by atoms with Crippen LogP contribution < -0.4 is 5.63 Å². The third-order valence-corrected chi connectivity index (χ3v) is 5.45. The first-order valence-corrected chi connectivity index (χ1v) is 9.97. The third-order valence-electron chi connectivity index (χ3n) is 5.45. The summed E-state index contributed by atoms with van der Waals surface area (Å²) in [6.45, 7) is 7.29. The number of piperazine rings is 1. The molecule has 1 saturated heterocycles. The summed E-state index contributed by atoms with van der Waals surface area (Å²) >= 11 is 0. The molecule has 1 aliphatic rings. The quantitative estimate of drug-likeness (QED) is 0.548. The summed E-state index contributed by atoms with van der Waals surface area (Å²) in [5.74, 6) is -0.637. The smallest absolute Gasteiger partial charge is 0.336 e. The van der Waals surface area contributed by atoms with Crippen LogP contribution in [-0.2, 0) is 25.7 Å². The van der Waals surface area contributed by atoms with Crippen LogP contribution in [0.25, 0.3) is 11.0 Å². The van der Waals surface area contributed by atoms with Crippen molar-refractivity contribution >= 4 is 28.8 Å². The van der Waals surface area contributed by atoms with E-state index in [0.29, 0.717) is 37.3 Å². The SMILES string of the molecule is CC(=O)N1CCN(C(=O)CCC(=O)OCc2cc(=O)oc3cc(C)c(C)cc23)CC1. The van der Waals surface area contributed by atoms with Gasteiger partial charge < -0.3 is 19.0 Å². The van der Waals surface area contributed by atoms with Crippen molar-refractivity contribution in [3.05, 3.63) is 45.3 Å². The lowest BCUT2D eigenvalue weighted by Gasteiger charge is -2.34. The lowest BCUT2D eigenvalue weighted by atomic mass is 10.0. The van der Waals surface area contributed by atoms with E-state index in [1.165, 1.54) is 13.0 Å². The molecular weight excluding hydrogens is 388 g/mol. The van der Waals surface area contributed by atoms with Gasteiger partial charge in [-0.25, -0.2) is 4.79 Å². The van der Waals surface area contributed by atoms with Gasteiger partial charge in [0.25, 0.3) is 0 Å². The number of aryl methyl sites for hydroxylation is 2. The van der Waals surface area contributed by atoms with Crippen molar-refractivity contribution in [1.29, 1.82) is 0 Å². The topological polar surface area (TPSA) is 97.1 Å². The van der Waals surface area contributed by atoms with Gasteiger partial charge in [0.2, 0.25) is 11.8 Å². The molecule has 1 aliphatic heterocycles. The number of esters is 1. The Morgan fingerprint density at radius 3 is 2.27 bits per heavy atom. The highest BCUT2D eigenvalue weighted by molar-refractivity contribution is 5.83. The maximum absolute atomic E-state index is 12.3. The number of nitrogens with zero attached hydrogens (tertiary/aromatic N) is 2. The fraction of sp³-hybridized carbons (Fsp3) is 0.455. The first-order chi connectivity index (χ1) is 14.2. The standard InChI is InChI=1S/C22H26N2O6/c1-14-10-18-17(12-22(28)30-19(18)11-15(14)2)13-29-21(27)5-4-20(26)24-8-6-23(7-9-24)16(3)25/h10-12H,4-9,13H2,1-3H3. The van der Waals surface area contributed by atoms with E-state index in [1.54, 1.807) is 15.9 Å². The van der Waals surface area contributed by atoms with Crippen LogP contribution in [-0.4, -0.2) is 53.8 Å². The van der Waals surface area contributed by atoms with E-state index in [4.69, 9.17) is 9.15 Å². The molecule has 2 amide bonds. The lowest BCUT2D eigenvalue weighted by molar-refractivity contribution is -0.147. The average molecular weight is 414 g/mol. The van der Waals surface area contributed by atoms with Crippen LogP contribution in [0.4, 0.5) is 0 Å². The van der Waals surface area contributed by atoms with Crippen LogP contribution in [0.3, 0.4) is 0 Å². The third kappa shape index (κ3) is 5.06. The van der Waals surface area contributed by atoms with E-state index in [2.05, 4.69) is 0 Å². The second-order valence-corrected chi connectivity index (χ2v) is 7.57. The first-order valence-electron chi connectivity index (χ1n) is 9.97. The molecular formula is C22H26N2O6. The van der Waals surface area contributed by atoms with Gasteiger partial charge >= 0.3 is 11.6 Å². The fourth-order valence-corrected chi connectivity index (χ4v) is 3.47. The molecule has 30 heavy (non-hydrogen) atoms. The van der Waals surface area contributed by atoms with Crippen molar-refractivity contribution in [3.63, 3.8) is 0 Å². The Labute approximate surface area is 174 Å². The van der Waals surface area contributed by atoms with Crippen molar-refractivity contribution in [2.75, 3.05) is 26.2 Å². The number of rotatable bonds is 5. The molecule has 0 saturated carbocycles. The monoisotopic (exact) mass is 414 g/mol. The largest absolute Gasteiger partial charge is 0.461 e. The zero-order valence-electron chi connectivity index (χ0n) is 17.5. The summed E-state index contributed by atoms with van der Waals surface area (Å²) < 4.78 is 10.5. The highest BCUT2D eigenvalue weighted by Gasteiger charge is 2.22. The Balaban J connectivity index is 1.54. The van der Waals surface area contributed by atoms with Crippen molar-refractivity contribution < 1.29 is 23.5 Å². The number of ether oxygens (including phenoxy) is 1. The molecule has 0 atom stereocenters. The first kappa shape index (κ1) is 21.5. The van der Waals surface area contributed by atoms with Crippen molar-refractivity contribution in [2.24, 2.45) is 0 Å². The molecule has 1 aromatic heterocycles. The van der Waals surface area contributed by atoms with Crippen LogP contribution in [0, 0.1) is 13.8 Å². The summed E-state index contributed by atoms with van der Waals surface area (Å²) in [5, 5.41) is 0.727. The van der Waals surface area contributed by atoms with Crippen LogP contribution in [0.5, 0.6) is 0 Å². The molecule has 3 rings (SSSR count). The van der Waals surface area contributed by atoms with Gasteiger partial charge in [0.05, 0.1) is 6.42 Å². The maximum atomic E-state index is 12.3. The molecule has 160 valence electrons. The Hall–Kier alpha value is -3.16. The predicted octanol–water partition coefficient (Wildman–Crippen LogP) is 1.92. The summed E-state index contributed by atoms with van der Waals surface area (Å²) in [7, 11) is 0. The molecule has 0 N–H and O–H groups in total. The van der Waals surface area contributed by atoms with Crippen molar-refractivity contribution in [3.8, 4) is 0 Å². The molecule has 0 spiro atoms. The van der Waals surface area contributed by atoms with Gasteiger partial charge in [0.15, 0.2) is 0 Å². The molecule has 0 radical (unpaired) electrons. The number of benzene rings is 1. The molecule has 0 bridgehead atoms. The fourth-order valence-electron chi connectivity index (χ4n) is 3.47. The summed E-state index contributed by atoms with van der Waals surface area (Å²) in [6.07, 6.45) is 0.0121. The molecule has 8 nitrogen and oxygen atoms in total. The summed E-state index contributed by atoms with van der Waals surface area (Å²) in [5.41, 5.74) is 2.57. The van der Waals surface area contributed by atoms with Crippen molar-refractivity contribution in [1.82, 2.24) is 9.80 Å². The Morgan fingerprint density at radius 1 is 0.967 bits per heavy atom. The zero-order valence-corrected chi connectivity index (χ0v) is 17.5. The summed E-state index contributed by atoms with van der Waals surface area (Å²) in [6, 6.07) is 5.02. The summed E-state index contributed by atoms with van der Waals surface area (Å²) in [4.78, 5) is 51.0. The number of amides is 2. The molecule has 8 heteroatoms. The van der Waals surface area contributed by atoms with Gasteiger partial charge in [0, 0.05) is 56.5 Å². The van der Waals surface area contributed by atoms with Crippen LogP contribution >= 0.6 is 0 Å². The van der Waals surface area contributed by atoms with Crippen LogP contribution in [0.15, 0.2) is 27.4 Å². The van der Waals surface area contributed by atoms with E-state index in [-0.39, 0.29) is 31.3 Å². The van der Waals surface area contributed by atoms with E-state index in [9.17, 15) is 19.2 Å². The Morgan fingerprint density at radius 2 is 1.60 bits per heavy atom. The van der Waals surface area contributed by atoms with Gasteiger partial charge in [-0.1, -0.05) is 0 Å². The van der Waals surface area contributed by atoms with Crippen LogP contribution in [0.1, 0.15) is 36.5 Å². The second kappa shape index (κ2) is 9.11. The van der Waals surface area contributed by atoms with Crippen molar-refractivity contribution in [2.45, 2.75) is 40.2 Å². The lowest BCUT2D eigenvalue weighted by Crippen LogP contribution is -2.50. The minimum absolute atomic E-state index is 0.00139. The molecule has 2 aromatic rings. The van der Waals surface area contributed by atoms with Gasteiger partial charge in [-0.2, -0.15) is 0 Å². The zero-order chi connectivity index (χ0) is 21.8. The number of hydrogen-bond donors (Lipinski definition) is 0. The molecule has 0 unspecified atom stereocenters. The molecule has 1 fully saturated rings. The van der Waals surface area contributed by atoms with E-state index >= 15 is 0 Å². The van der Waals surface area contributed by atoms with E-state index in [1.807, 2.05) is 19.9 Å². The van der Waals surface area contributed by atoms with Gasteiger partial charge in [-0.05, 0) is 37.1 Å². The average Bonchev–Trinajstić information content (AvgIpc) is 2.71. The minimum Gasteiger partial charge on any atom is -0.461 e. The van der Waals surface area contributed by atoms with Gasteiger partial charge in [-0.3, -0.25) is 14.4 Å². The number of hydrogen-bond acceptors (Lipinski definition) is 6. The van der Waals surface area contributed by atoms with Gasteiger partial charge in [-0.15, -0.1) is 0 Å². The molecule has 0 aliphatic carbocycles. The second-order valence-electron chi connectivity index (χ2n) is 7.57. The maximum Gasteiger partial charge on any atom is 0.336 e. The minimum atomic E-state index is -0.504. The predicted molar refractivity (Wildman–Crippen MR) is 110 cm³/mol. The number of carbonyl (C=O) groups excluding carboxylic acids is 3. The van der Waals surface area contributed by atoms with E-state index in [0.717, 1.165) is 16.5 Å². The highest BCUT2D eigenvalue weighted by Crippen LogP contribution is 2.22. The normalized spacial score (nSPS) is 14.1.